The fourth-order valence-electron chi connectivity index (χ4n) is 5.63. The molecule has 5 rings (SSSR count). The maximum atomic E-state index is 13.1. The van der Waals surface area contributed by atoms with Crippen molar-refractivity contribution in [2.75, 3.05) is 32.8 Å². The summed E-state index contributed by atoms with van der Waals surface area (Å²) < 4.78 is 5.86. The van der Waals surface area contributed by atoms with E-state index in [1.54, 1.807) is 12.3 Å². The number of ether oxygens (including phenoxy) is 1. The Labute approximate surface area is 197 Å². The summed E-state index contributed by atoms with van der Waals surface area (Å²) in [7, 11) is 0. The van der Waals surface area contributed by atoms with Crippen LogP contribution in [0.2, 0.25) is 0 Å². The van der Waals surface area contributed by atoms with E-state index in [1.807, 2.05) is 29.2 Å². The Morgan fingerprint density at radius 2 is 1.79 bits per heavy atom. The van der Waals surface area contributed by atoms with Crippen molar-refractivity contribution in [3.8, 4) is 0 Å². The lowest BCUT2D eigenvalue weighted by Crippen LogP contribution is -2.46. The van der Waals surface area contributed by atoms with Gasteiger partial charge in [-0.3, -0.25) is 14.7 Å². The number of carbonyl (C=O) groups is 1. The lowest BCUT2D eigenvalue weighted by atomic mass is 9.94. The van der Waals surface area contributed by atoms with Gasteiger partial charge in [0.25, 0.3) is 0 Å². The van der Waals surface area contributed by atoms with Crippen molar-refractivity contribution >= 4 is 12.0 Å². The van der Waals surface area contributed by atoms with Crippen molar-refractivity contribution in [2.45, 2.75) is 50.7 Å². The Morgan fingerprint density at radius 3 is 2.45 bits per heavy atom. The van der Waals surface area contributed by atoms with Crippen LogP contribution in [-0.4, -0.2) is 65.6 Å². The van der Waals surface area contributed by atoms with E-state index in [4.69, 9.17) is 4.74 Å². The van der Waals surface area contributed by atoms with Crippen LogP contribution in [0.25, 0.3) is 6.08 Å². The normalized spacial score (nSPS) is 22.1. The first-order valence-corrected chi connectivity index (χ1v) is 12.5. The van der Waals surface area contributed by atoms with Gasteiger partial charge in [-0.1, -0.05) is 30.3 Å². The van der Waals surface area contributed by atoms with Crippen molar-refractivity contribution in [3.63, 3.8) is 0 Å². The zero-order chi connectivity index (χ0) is 22.5. The van der Waals surface area contributed by atoms with Crippen LogP contribution in [0, 0.1) is 5.92 Å². The molecule has 5 nitrogen and oxygen atoms in total. The first-order chi connectivity index (χ1) is 16.2. The molecular formula is C28H35N3O2. The second kappa shape index (κ2) is 10.6. The summed E-state index contributed by atoms with van der Waals surface area (Å²) in [4.78, 5) is 22.1. The van der Waals surface area contributed by atoms with E-state index in [9.17, 15) is 4.79 Å². The molecule has 0 bridgehead atoms. The molecule has 0 N–H and O–H groups in total. The van der Waals surface area contributed by atoms with E-state index in [1.165, 1.54) is 24.0 Å². The molecule has 0 radical (unpaired) electrons. The van der Waals surface area contributed by atoms with Crippen LogP contribution in [0.4, 0.5) is 0 Å². The van der Waals surface area contributed by atoms with Crippen LogP contribution in [0.1, 0.15) is 42.5 Å². The third-order valence-electron chi connectivity index (χ3n) is 7.52. The monoisotopic (exact) mass is 445 g/mol. The molecule has 1 unspecified atom stereocenters. The van der Waals surface area contributed by atoms with Crippen LogP contribution in [0.5, 0.6) is 0 Å². The summed E-state index contributed by atoms with van der Waals surface area (Å²) in [6.07, 6.45) is 12.3. The predicted octanol–water partition coefficient (Wildman–Crippen LogP) is 3.98. The number of rotatable bonds is 7. The molecule has 174 valence electrons. The topological polar surface area (TPSA) is 45.7 Å². The van der Waals surface area contributed by atoms with Gasteiger partial charge in [-0.05, 0) is 86.9 Å². The molecule has 1 aliphatic carbocycles. The third-order valence-corrected chi connectivity index (χ3v) is 7.52. The van der Waals surface area contributed by atoms with Gasteiger partial charge in [-0.25, -0.2) is 0 Å². The Bertz CT molecular complexity index is 922. The highest BCUT2D eigenvalue weighted by atomic mass is 16.5. The summed E-state index contributed by atoms with van der Waals surface area (Å²) in [6, 6.07) is 15.3. The number of piperidine rings is 1. The number of hydrogen-bond acceptors (Lipinski definition) is 4. The summed E-state index contributed by atoms with van der Waals surface area (Å²) in [5.74, 6) is 0.628. The minimum absolute atomic E-state index is 0.0739. The highest BCUT2D eigenvalue weighted by molar-refractivity contribution is 5.91. The number of nitrogens with zero attached hydrogens (tertiary/aromatic N) is 3. The minimum Gasteiger partial charge on any atom is -0.376 e. The summed E-state index contributed by atoms with van der Waals surface area (Å²) in [6.45, 7) is 4.61. The molecule has 1 atom stereocenters. The maximum absolute atomic E-state index is 13.1. The highest BCUT2D eigenvalue weighted by Gasteiger charge is 2.31. The maximum Gasteiger partial charge on any atom is 0.246 e. The fourth-order valence-corrected chi connectivity index (χ4v) is 5.63. The van der Waals surface area contributed by atoms with E-state index in [-0.39, 0.29) is 12.0 Å². The van der Waals surface area contributed by atoms with Gasteiger partial charge in [0.1, 0.15) is 0 Å². The second-order valence-electron chi connectivity index (χ2n) is 9.78. The Balaban J connectivity index is 1.17. The van der Waals surface area contributed by atoms with E-state index < -0.39 is 0 Å². The van der Waals surface area contributed by atoms with Crippen LogP contribution < -0.4 is 0 Å². The number of hydrogen-bond donors (Lipinski definition) is 0. The number of carbonyl (C=O) groups excluding carboxylic acids is 1. The summed E-state index contributed by atoms with van der Waals surface area (Å²) >= 11 is 0. The molecule has 3 heterocycles. The summed E-state index contributed by atoms with van der Waals surface area (Å²) in [5.41, 5.74) is 3.86. The van der Waals surface area contributed by atoms with E-state index in [0.29, 0.717) is 18.5 Å². The lowest BCUT2D eigenvalue weighted by Gasteiger charge is -2.38. The van der Waals surface area contributed by atoms with Crippen molar-refractivity contribution in [1.82, 2.24) is 14.8 Å². The minimum atomic E-state index is 0.0739. The Hall–Kier alpha value is -2.50. The van der Waals surface area contributed by atoms with Gasteiger partial charge in [0.2, 0.25) is 5.91 Å². The lowest BCUT2D eigenvalue weighted by molar-refractivity contribution is -0.128. The zero-order valence-corrected chi connectivity index (χ0v) is 19.4. The Kier molecular flexibility index (Phi) is 7.18. The summed E-state index contributed by atoms with van der Waals surface area (Å²) in [5, 5.41) is 0. The van der Waals surface area contributed by atoms with Crippen molar-refractivity contribution < 1.29 is 9.53 Å². The van der Waals surface area contributed by atoms with E-state index in [0.717, 1.165) is 57.6 Å². The molecule has 2 fully saturated rings. The van der Waals surface area contributed by atoms with Crippen LogP contribution in [0.15, 0.2) is 54.7 Å². The molecule has 5 heteroatoms. The largest absolute Gasteiger partial charge is 0.376 e. The first kappa shape index (κ1) is 22.3. The molecule has 1 amide bonds. The molecule has 1 aromatic heterocycles. The molecular weight excluding hydrogens is 410 g/mol. The molecule has 0 saturated carbocycles. The van der Waals surface area contributed by atoms with Crippen molar-refractivity contribution in [2.24, 2.45) is 5.92 Å². The van der Waals surface area contributed by atoms with Gasteiger partial charge in [0.15, 0.2) is 0 Å². The molecule has 2 aliphatic heterocycles. The molecule has 2 saturated heterocycles. The highest BCUT2D eigenvalue weighted by Crippen LogP contribution is 2.29. The number of pyridine rings is 1. The standard InChI is InChI=1S/C28H35N3O2/c32-28(11-10-25-8-3-4-14-29-25)31(21-27-9-5-17-33-27)20-22-12-15-30(16-13-22)26-18-23-6-1-2-7-24(23)19-26/h1-4,6-8,10-11,14,22,26-27H,5,9,12-13,15-21H2. The smallest absolute Gasteiger partial charge is 0.246 e. The molecule has 1 aromatic carbocycles. The number of likely N-dealkylation sites (tertiary alicyclic amines) is 1. The van der Waals surface area contributed by atoms with Gasteiger partial charge < -0.3 is 9.64 Å². The van der Waals surface area contributed by atoms with E-state index in [2.05, 4.69) is 34.1 Å². The zero-order valence-electron chi connectivity index (χ0n) is 19.4. The molecule has 2 aromatic rings. The van der Waals surface area contributed by atoms with Gasteiger partial charge in [-0.15, -0.1) is 0 Å². The number of amides is 1. The third kappa shape index (κ3) is 5.71. The quantitative estimate of drug-likeness (QED) is 0.605. The second-order valence-corrected chi connectivity index (χ2v) is 9.78. The first-order valence-electron chi connectivity index (χ1n) is 12.5. The fraction of sp³-hybridized carbons (Fsp3) is 0.500. The average molecular weight is 446 g/mol. The van der Waals surface area contributed by atoms with Crippen molar-refractivity contribution in [3.05, 3.63) is 71.6 Å². The Morgan fingerprint density at radius 1 is 1.03 bits per heavy atom. The van der Waals surface area contributed by atoms with Crippen molar-refractivity contribution in [1.29, 1.82) is 0 Å². The van der Waals surface area contributed by atoms with Crippen LogP contribution in [0.3, 0.4) is 0 Å². The van der Waals surface area contributed by atoms with E-state index >= 15 is 0 Å². The molecule has 3 aliphatic rings. The van der Waals surface area contributed by atoms with Gasteiger partial charge in [0, 0.05) is 38.0 Å². The molecule has 33 heavy (non-hydrogen) atoms. The molecule has 0 spiro atoms. The van der Waals surface area contributed by atoms with Crippen LogP contribution >= 0.6 is 0 Å². The van der Waals surface area contributed by atoms with Gasteiger partial charge in [0.05, 0.1) is 11.8 Å². The van der Waals surface area contributed by atoms with Gasteiger partial charge >= 0.3 is 0 Å². The number of benzene rings is 1. The predicted molar refractivity (Wildman–Crippen MR) is 131 cm³/mol. The average Bonchev–Trinajstić information content (AvgIpc) is 3.53. The number of aromatic nitrogens is 1. The SMILES string of the molecule is O=C(C=Cc1ccccn1)N(CC1CCN(C2Cc3ccccc3C2)CC1)CC1CCCO1. The van der Waals surface area contributed by atoms with Crippen LogP contribution in [-0.2, 0) is 22.4 Å². The number of fused-ring (bicyclic) bond motifs is 1. The van der Waals surface area contributed by atoms with Gasteiger partial charge in [-0.2, -0.15) is 0 Å².